The number of imidazole rings is 1. The summed E-state index contributed by atoms with van der Waals surface area (Å²) < 4.78 is 5.81. The number of likely N-dealkylation sites (tertiary alicyclic amines) is 1. The van der Waals surface area contributed by atoms with E-state index in [-0.39, 0.29) is 35.8 Å². The summed E-state index contributed by atoms with van der Waals surface area (Å²) >= 11 is 0. The summed E-state index contributed by atoms with van der Waals surface area (Å²) in [6.45, 7) is 4.92. The van der Waals surface area contributed by atoms with Crippen LogP contribution in [0.5, 0.6) is 5.75 Å². The molecule has 2 saturated heterocycles. The number of unbranched alkanes of at least 4 members (excludes halogenated alkanes) is 2. The van der Waals surface area contributed by atoms with E-state index in [1.807, 2.05) is 18.2 Å². The number of benzene rings is 3. The van der Waals surface area contributed by atoms with Crippen LogP contribution < -0.4 is 20.7 Å². The third kappa shape index (κ3) is 7.82. The number of fused-ring (bicyclic) bond motifs is 2. The van der Waals surface area contributed by atoms with Gasteiger partial charge in [-0.1, -0.05) is 0 Å². The number of hydrogen-bond acceptors (Lipinski definition) is 9. The lowest BCUT2D eigenvalue weighted by Gasteiger charge is -2.27. The lowest BCUT2D eigenvalue weighted by molar-refractivity contribution is -0.136. The Kier molecular flexibility index (Phi) is 10.3. The van der Waals surface area contributed by atoms with Crippen molar-refractivity contribution in [3.63, 3.8) is 0 Å². The first kappa shape index (κ1) is 35.5. The second-order valence-corrected chi connectivity index (χ2v) is 13.7. The van der Waals surface area contributed by atoms with E-state index in [2.05, 4.69) is 32.8 Å². The van der Waals surface area contributed by atoms with Crippen molar-refractivity contribution in [2.75, 3.05) is 25.0 Å². The minimum Gasteiger partial charge on any atom is -0.494 e. The maximum atomic E-state index is 13.0. The van der Waals surface area contributed by atoms with Crippen LogP contribution in [0.25, 0.3) is 11.0 Å². The minimum atomic E-state index is -1.02. The predicted octanol–water partition coefficient (Wildman–Crippen LogP) is 4.18. The molecule has 2 atom stereocenters. The number of aromatic nitrogens is 2. The quantitative estimate of drug-likeness (QED) is 0.116. The van der Waals surface area contributed by atoms with Gasteiger partial charge in [0.15, 0.2) is 0 Å². The highest BCUT2D eigenvalue weighted by molar-refractivity contribution is 6.23. The van der Waals surface area contributed by atoms with Gasteiger partial charge in [-0.3, -0.25) is 43.9 Å². The molecule has 53 heavy (non-hydrogen) atoms. The lowest BCUT2D eigenvalue weighted by Crippen LogP contribution is -2.54. The number of nitrogens with zero attached hydrogens (tertiary/aromatic N) is 3. The van der Waals surface area contributed by atoms with Gasteiger partial charge >= 0.3 is 0 Å². The molecular formula is C39H41N7O7. The number of H-pyrrole nitrogens is 1. The molecular weight excluding hydrogens is 678 g/mol. The molecule has 3 aliphatic rings. The van der Waals surface area contributed by atoms with Crippen LogP contribution in [0, 0.1) is 0 Å². The van der Waals surface area contributed by atoms with Crippen LogP contribution in [0.4, 0.5) is 5.69 Å². The summed E-state index contributed by atoms with van der Waals surface area (Å²) in [6.07, 6.45) is 4.74. The summed E-state index contributed by atoms with van der Waals surface area (Å²) in [5.41, 5.74) is 3.60. The topological polar surface area (TPSA) is 183 Å². The molecule has 0 bridgehead atoms. The van der Waals surface area contributed by atoms with Gasteiger partial charge < -0.3 is 20.4 Å². The fourth-order valence-corrected chi connectivity index (χ4v) is 7.05. The van der Waals surface area contributed by atoms with Crippen molar-refractivity contribution >= 4 is 52.2 Å². The zero-order valence-electron chi connectivity index (χ0n) is 29.4. The predicted molar refractivity (Wildman–Crippen MR) is 194 cm³/mol. The Morgan fingerprint density at radius 1 is 0.887 bits per heavy atom. The van der Waals surface area contributed by atoms with Crippen molar-refractivity contribution in [3.8, 4) is 5.75 Å². The summed E-state index contributed by atoms with van der Waals surface area (Å²) in [5.74, 6) is -1.41. The maximum absolute atomic E-state index is 13.0. The number of piperidine rings is 1. The number of hydrogen-bond donors (Lipinski definition) is 4. The first-order chi connectivity index (χ1) is 25.6. The van der Waals surface area contributed by atoms with E-state index in [9.17, 15) is 28.8 Å². The highest BCUT2D eigenvalue weighted by atomic mass is 16.5. The highest BCUT2D eigenvalue weighted by Crippen LogP contribution is 2.30. The number of amides is 6. The van der Waals surface area contributed by atoms with Gasteiger partial charge in [0, 0.05) is 35.8 Å². The standard InChI is InChI=1S/C39H41N7O7/c1-23-6-5-18-45(23)22-33-42-30-14-11-26(20-31(30)43-33)41-36(49)25-9-7-24(8-10-25)35(48)40-17-3-2-4-19-53-27-12-13-28-29(21-27)39(52)46(38(28)51)32-15-16-34(47)44-37(32)50/h7-14,20-21,23,32H,2-6,15-19,22H2,1H3,(H,40,48)(H,41,49)(H,42,43)(H,44,47,50)/t23-,32?/m0/s1. The largest absolute Gasteiger partial charge is 0.494 e. The fraction of sp³-hybridized carbons (Fsp3) is 0.359. The second kappa shape index (κ2) is 15.4. The van der Waals surface area contributed by atoms with Crippen LogP contribution in [0.15, 0.2) is 60.7 Å². The Labute approximate surface area is 305 Å². The number of imide groups is 2. The van der Waals surface area contributed by atoms with Gasteiger partial charge in [-0.2, -0.15) is 0 Å². The first-order valence-electron chi connectivity index (χ1n) is 18.1. The van der Waals surface area contributed by atoms with E-state index in [0.717, 1.165) is 41.3 Å². The van der Waals surface area contributed by atoms with Crippen LogP contribution in [-0.4, -0.2) is 87.0 Å². The molecule has 274 valence electrons. The van der Waals surface area contributed by atoms with Crippen molar-refractivity contribution in [1.29, 1.82) is 0 Å². The zero-order valence-corrected chi connectivity index (χ0v) is 29.4. The number of nitrogens with one attached hydrogen (secondary N) is 4. The van der Waals surface area contributed by atoms with Gasteiger partial charge in [-0.25, -0.2) is 4.98 Å². The Morgan fingerprint density at radius 3 is 2.42 bits per heavy atom. The van der Waals surface area contributed by atoms with Gasteiger partial charge in [0.05, 0.1) is 35.3 Å². The van der Waals surface area contributed by atoms with Crippen LogP contribution in [0.2, 0.25) is 0 Å². The number of carbonyl (C=O) groups is 6. The molecule has 3 aliphatic heterocycles. The molecule has 1 aromatic heterocycles. The summed E-state index contributed by atoms with van der Waals surface area (Å²) in [5, 5.41) is 8.01. The Hall–Kier alpha value is -5.89. The molecule has 0 radical (unpaired) electrons. The molecule has 0 aliphatic carbocycles. The molecule has 2 fully saturated rings. The van der Waals surface area contributed by atoms with Crippen molar-refractivity contribution in [2.45, 2.75) is 70.5 Å². The smallest absolute Gasteiger partial charge is 0.262 e. The monoisotopic (exact) mass is 719 g/mol. The lowest BCUT2D eigenvalue weighted by atomic mass is 10.0. The zero-order chi connectivity index (χ0) is 37.1. The highest BCUT2D eigenvalue weighted by Gasteiger charge is 2.44. The third-order valence-electron chi connectivity index (χ3n) is 10.0. The summed E-state index contributed by atoms with van der Waals surface area (Å²) in [4.78, 5) is 86.7. The second-order valence-electron chi connectivity index (χ2n) is 13.7. The number of aromatic amines is 1. The third-order valence-corrected chi connectivity index (χ3v) is 10.0. The van der Waals surface area contributed by atoms with E-state index in [1.54, 1.807) is 30.3 Å². The number of anilines is 1. The fourth-order valence-electron chi connectivity index (χ4n) is 7.05. The SMILES string of the molecule is C[C@H]1CCCN1Cc1nc2ccc(NC(=O)c3ccc(C(=O)NCCCCCOc4ccc5c(c4)C(=O)N(C4CCC(=O)NC4=O)C5=O)cc3)cc2[nH]1. The maximum Gasteiger partial charge on any atom is 0.262 e. The van der Waals surface area contributed by atoms with E-state index >= 15 is 0 Å². The van der Waals surface area contributed by atoms with Crippen LogP contribution in [-0.2, 0) is 16.1 Å². The molecule has 14 nitrogen and oxygen atoms in total. The molecule has 1 unspecified atom stereocenters. The van der Waals surface area contributed by atoms with Gasteiger partial charge in [0.1, 0.15) is 17.6 Å². The molecule has 4 N–H and O–H groups in total. The van der Waals surface area contributed by atoms with Gasteiger partial charge in [0.25, 0.3) is 23.6 Å². The van der Waals surface area contributed by atoms with Crippen molar-refractivity contribution < 1.29 is 33.5 Å². The normalized spacial score (nSPS) is 18.7. The molecule has 0 spiro atoms. The first-order valence-corrected chi connectivity index (χ1v) is 18.1. The van der Waals surface area contributed by atoms with Crippen molar-refractivity contribution in [1.82, 2.24) is 30.4 Å². The number of rotatable bonds is 13. The number of ether oxygens (including phenoxy) is 1. The molecule has 0 saturated carbocycles. The average molecular weight is 720 g/mol. The molecule has 3 aromatic carbocycles. The molecule has 14 heteroatoms. The molecule has 4 aromatic rings. The summed E-state index contributed by atoms with van der Waals surface area (Å²) in [6, 6.07) is 16.3. The van der Waals surface area contributed by atoms with E-state index < -0.39 is 29.7 Å². The van der Waals surface area contributed by atoms with Crippen molar-refractivity contribution in [2.24, 2.45) is 0 Å². The molecule has 4 heterocycles. The van der Waals surface area contributed by atoms with Gasteiger partial charge in [-0.05, 0) is 113 Å². The Morgan fingerprint density at radius 2 is 1.66 bits per heavy atom. The van der Waals surface area contributed by atoms with Crippen molar-refractivity contribution in [3.05, 3.63) is 88.7 Å². The van der Waals surface area contributed by atoms with Crippen LogP contribution >= 0.6 is 0 Å². The molecule has 6 amide bonds. The number of carbonyl (C=O) groups excluding carboxylic acids is 6. The molecule has 7 rings (SSSR count). The Balaban J connectivity index is 0.815. The van der Waals surface area contributed by atoms with E-state index in [1.165, 1.54) is 25.0 Å². The van der Waals surface area contributed by atoms with Gasteiger partial charge in [-0.15, -0.1) is 0 Å². The Bertz CT molecular complexity index is 2090. The summed E-state index contributed by atoms with van der Waals surface area (Å²) in [7, 11) is 0. The van der Waals surface area contributed by atoms with Gasteiger partial charge in [0.2, 0.25) is 11.8 Å². The van der Waals surface area contributed by atoms with E-state index in [0.29, 0.717) is 54.6 Å². The van der Waals surface area contributed by atoms with Crippen LogP contribution in [0.1, 0.15) is 99.1 Å². The van der Waals surface area contributed by atoms with E-state index in [4.69, 9.17) is 9.72 Å². The minimum absolute atomic E-state index is 0.0565. The van der Waals surface area contributed by atoms with Crippen LogP contribution in [0.3, 0.4) is 0 Å². The average Bonchev–Trinajstić information content (AvgIpc) is 3.82.